The molecule has 0 radical (unpaired) electrons. The van der Waals surface area contributed by atoms with Crippen LogP contribution in [0.1, 0.15) is 25.1 Å². The lowest BCUT2D eigenvalue weighted by atomic mass is 10.1. The van der Waals surface area contributed by atoms with Crippen LogP contribution in [-0.4, -0.2) is 50.8 Å². The molecule has 7 nitrogen and oxygen atoms in total. The highest BCUT2D eigenvalue weighted by Gasteiger charge is 2.37. The third kappa shape index (κ3) is 6.29. The van der Waals surface area contributed by atoms with Crippen molar-refractivity contribution in [2.75, 3.05) is 18.5 Å². The lowest BCUT2D eigenvalue weighted by Crippen LogP contribution is -2.41. The highest BCUT2D eigenvalue weighted by atomic mass is 35.5. The highest BCUT2D eigenvalue weighted by molar-refractivity contribution is 6.32. The molecule has 1 atom stereocenters. The number of imidazole rings is 1. The van der Waals surface area contributed by atoms with Crippen LogP contribution < -0.4 is 5.32 Å². The molecule has 2 amide bonds. The van der Waals surface area contributed by atoms with Gasteiger partial charge in [0.1, 0.15) is 24.1 Å². The van der Waals surface area contributed by atoms with Crippen molar-refractivity contribution in [1.82, 2.24) is 14.5 Å². The van der Waals surface area contributed by atoms with Crippen molar-refractivity contribution in [3.05, 3.63) is 46.5 Å². The number of rotatable bonds is 7. The number of likely N-dealkylation sites (N-methyl/N-ethyl adjacent to an activating group) is 1. The Bertz CT molecular complexity index is 1030. The molecular weight excluding hydrogens is 473 g/mol. The molecule has 180 valence electrons. The molecule has 0 saturated heterocycles. The fraction of sp³-hybridized carbons (Fsp3) is 0.350. The molecule has 0 aliphatic rings. The van der Waals surface area contributed by atoms with Crippen LogP contribution in [0.4, 0.5) is 32.7 Å². The molecule has 13 heteroatoms. The van der Waals surface area contributed by atoms with E-state index in [2.05, 4.69) is 10.3 Å². The van der Waals surface area contributed by atoms with E-state index in [-0.39, 0.29) is 17.1 Å². The Kier molecular flexibility index (Phi) is 8.56. The van der Waals surface area contributed by atoms with Crippen LogP contribution >= 0.6 is 11.6 Å². The molecule has 3 N–H and O–H groups in total. The number of hydrogen-bond donors (Lipinski definition) is 3. The summed E-state index contributed by atoms with van der Waals surface area (Å²) in [6.45, 7) is 0.771. The Hall–Kier alpha value is -2.99. The van der Waals surface area contributed by atoms with Crippen LogP contribution in [0.15, 0.2) is 24.4 Å². The molecule has 1 heterocycles. The molecule has 0 saturated carbocycles. The zero-order valence-corrected chi connectivity index (χ0v) is 18.3. The van der Waals surface area contributed by atoms with Gasteiger partial charge in [-0.25, -0.2) is 18.6 Å². The smallest absolute Gasteiger partial charge is 0.388 e. The van der Waals surface area contributed by atoms with Gasteiger partial charge in [-0.05, 0) is 25.1 Å². The van der Waals surface area contributed by atoms with Gasteiger partial charge in [0.2, 0.25) is 5.95 Å². The lowest BCUT2D eigenvalue weighted by molar-refractivity contribution is -0.172. The van der Waals surface area contributed by atoms with Gasteiger partial charge >= 0.3 is 12.2 Å². The molecule has 1 aromatic heterocycles. The maximum Gasteiger partial charge on any atom is 0.393 e. The van der Waals surface area contributed by atoms with Crippen molar-refractivity contribution >= 4 is 41.3 Å². The van der Waals surface area contributed by atoms with Crippen LogP contribution in [0.3, 0.4) is 0 Å². The summed E-state index contributed by atoms with van der Waals surface area (Å²) in [6, 6.07) is 2.69. The number of aliphatic hydroxyl groups is 1. The summed E-state index contributed by atoms with van der Waals surface area (Å²) in [5.41, 5.74) is -0.770. The van der Waals surface area contributed by atoms with Crippen LogP contribution in [0, 0.1) is 17.1 Å². The Labute approximate surface area is 191 Å². The largest absolute Gasteiger partial charge is 0.393 e. The van der Waals surface area contributed by atoms with Crippen molar-refractivity contribution in [2.24, 2.45) is 5.92 Å². The van der Waals surface area contributed by atoms with E-state index in [0.717, 1.165) is 34.7 Å². The number of anilines is 1. The molecule has 0 fully saturated rings. The minimum Gasteiger partial charge on any atom is -0.388 e. The van der Waals surface area contributed by atoms with Crippen molar-refractivity contribution < 1.29 is 31.9 Å². The number of carbonyl (C=O) groups is 1. The van der Waals surface area contributed by atoms with Gasteiger partial charge in [-0.15, -0.1) is 0 Å². The van der Waals surface area contributed by atoms with E-state index < -0.39 is 60.4 Å². The van der Waals surface area contributed by atoms with E-state index in [4.69, 9.17) is 22.1 Å². The maximum atomic E-state index is 15.1. The monoisotopic (exact) mass is 493 g/mol. The van der Waals surface area contributed by atoms with E-state index in [1.165, 1.54) is 19.1 Å². The molecule has 2 aromatic rings. The first-order valence-corrected chi connectivity index (χ1v) is 9.99. The van der Waals surface area contributed by atoms with Crippen molar-refractivity contribution in [3.8, 4) is 0 Å². The highest BCUT2D eigenvalue weighted by Crippen LogP contribution is 2.32. The quantitative estimate of drug-likeness (QED) is 0.282. The summed E-state index contributed by atoms with van der Waals surface area (Å²) >= 11 is 5.89. The average molecular weight is 494 g/mol. The first kappa shape index (κ1) is 26.3. The maximum absolute atomic E-state index is 15.1. The molecule has 0 spiro atoms. The molecule has 0 aliphatic carbocycles. The Morgan fingerprint density at radius 3 is 2.64 bits per heavy atom. The zero-order chi connectivity index (χ0) is 24.9. The van der Waals surface area contributed by atoms with E-state index in [1.54, 1.807) is 0 Å². The van der Waals surface area contributed by atoms with Gasteiger partial charge in [-0.2, -0.15) is 13.2 Å². The summed E-state index contributed by atoms with van der Waals surface area (Å²) < 4.78 is 69.5. The first-order valence-electron chi connectivity index (χ1n) is 9.61. The average Bonchev–Trinajstić information content (AvgIpc) is 3.12. The standard InChI is InChI=1S/C20H21ClF5N5O2/c1-3-30(17(27)10-32)19(33)29-18-28-8-16(31(18)9-11(2)20(24,25)26)15(23)7-12-13(21)5-4-6-14(12)22/h4-8,11,27,32H,3,9-10H2,1-2H3,(H,28,29,33)/b15-7-,27-17?/t11-/m1/s1. The predicted molar refractivity (Wildman–Crippen MR) is 114 cm³/mol. The summed E-state index contributed by atoms with van der Waals surface area (Å²) in [5, 5.41) is 18.8. The van der Waals surface area contributed by atoms with Crippen molar-refractivity contribution in [3.63, 3.8) is 0 Å². The van der Waals surface area contributed by atoms with Gasteiger partial charge < -0.3 is 9.67 Å². The Morgan fingerprint density at radius 2 is 2.09 bits per heavy atom. The van der Waals surface area contributed by atoms with Crippen LogP contribution in [0.25, 0.3) is 11.9 Å². The third-order valence-corrected chi connectivity index (χ3v) is 4.97. The zero-order valence-electron chi connectivity index (χ0n) is 17.6. The van der Waals surface area contributed by atoms with Gasteiger partial charge in [0.15, 0.2) is 0 Å². The lowest BCUT2D eigenvalue weighted by Gasteiger charge is -2.22. The Morgan fingerprint density at radius 1 is 1.42 bits per heavy atom. The van der Waals surface area contributed by atoms with E-state index in [9.17, 15) is 22.4 Å². The fourth-order valence-corrected chi connectivity index (χ4v) is 3.00. The molecular formula is C20H21ClF5N5O2. The number of amidine groups is 1. The summed E-state index contributed by atoms with van der Waals surface area (Å²) in [4.78, 5) is 17.1. The van der Waals surface area contributed by atoms with E-state index >= 15 is 4.39 Å². The minimum absolute atomic E-state index is 0.0300. The number of benzene rings is 1. The number of urea groups is 1. The van der Waals surface area contributed by atoms with Gasteiger partial charge in [-0.3, -0.25) is 15.6 Å². The van der Waals surface area contributed by atoms with Gasteiger partial charge in [0.25, 0.3) is 0 Å². The number of hydrogen-bond acceptors (Lipinski definition) is 4. The number of nitrogens with zero attached hydrogens (tertiary/aromatic N) is 3. The second-order valence-corrected chi connectivity index (χ2v) is 7.33. The summed E-state index contributed by atoms with van der Waals surface area (Å²) in [6.07, 6.45) is -3.03. The third-order valence-electron chi connectivity index (χ3n) is 4.64. The summed E-state index contributed by atoms with van der Waals surface area (Å²) in [5.74, 6) is -4.83. The van der Waals surface area contributed by atoms with E-state index in [0.29, 0.717) is 0 Å². The fourth-order valence-electron chi connectivity index (χ4n) is 2.78. The van der Waals surface area contributed by atoms with Crippen LogP contribution in [0.2, 0.25) is 5.02 Å². The number of carbonyl (C=O) groups excluding carboxylic acids is 1. The molecule has 0 bridgehead atoms. The number of alkyl halides is 3. The van der Waals surface area contributed by atoms with Crippen molar-refractivity contribution in [1.29, 1.82) is 5.41 Å². The second kappa shape index (κ2) is 10.8. The molecule has 0 unspecified atom stereocenters. The second-order valence-electron chi connectivity index (χ2n) is 6.93. The Balaban J connectivity index is 2.51. The SMILES string of the molecule is CCN(C(=N)CO)C(=O)Nc1ncc(/C(F)=C/c2c(F)cccc2Cl)n1C[C@@H](C)C(F)(F)F. The number of nitrogens with one attached hydrogen (secondary N) is 2. The molecule has 2 rings (SSSR count). The van der Waals surface area contributed by atoms with E-state index in [1.807, 2.05) is 0 Å². The number of aliphatic hydroxyl groups excluding tert-OH is 1. The number of amides is 2. The normalized spacial score (nSPS) is 13.1. The number of halogens is 6. The molecule has 1 aromatic carbocycles. The summed E-state index contributed by atoms with van der Waals surface area (Å²) in [7, 11) is 0. The van der Waals surface area contributed by atoms with Gasteiger partial charge in [0, 0.05) is 18.7 Å². The van der Waals surface area contributed by atoms with Crippen molar-refractivity contribution in [2.45, 2.75) is 26.6 Å². The topological polar surface area (TPSA) is 94.2 Å². The van der Waals surface area contributed by atoms with Crippen LogP contribution in [-0.2, 0) is 6.54 Å². The van der Waals surface area contributed by atoms with Crippen LogP contribution in [0.5, 0.6) is 0 Å². The molecule has 33 heavy (non-hydrogen) atoms. The van der Waals surface area contributed by atoms with Gasteiger partial charge in [0.05, 0.1) is 22.8 Å². The predicted octanol–water partition coefficient (Wildman–Crippen LogP) is 5.16. The first-order chi connectivity index (χ1) is 15.4. The number of aromatic nitrogens is 2. The minimum atomic E-state index is -4.63. The van der Waals surface area contributed by atoms with Gasteiger partial charge in [-0.1, -0.05) is 24.6 Å². The molecule has 0 aliphatic heterocycles.